The molecule has 3 rings (SSSR count). The summed E-state index contributed by atoms with van der Waals surface area (Å²) >= 11 is 0. The minimum atomic E-state index is -0.520. The highest BCUT2D eigenvalue weighted by molar-refractivity contribution is 5.44. The molecule has 0 spiro atoms. The minimum Gasteiger partial charge on any atom is -0.486 e. The van der Waals surface area contributed by atoms with Gasteiger partial charge in [-0.05, 0) is 24.1 Å². The lowest BCUT2D eigenvalue weighted by molar-refractivity contribution is -0.0277. The Kier molecular flexibility index (Phi) is 4.63. The largest absolute Gasteiger partial charge is 0.486 e. The molecule has 0 aromatic heterocycles. The zero-order valence-corrected chi connectivity index (χ0v) is 12.5. The molecule has 0 amide bonds. The van der Waals surface area contributed by atoms with E-state index in [0.29, 0.717) is 25.8 Å². The summed E-state index contributed by atoms with van der Waals surface area (Å²) in [5, 5.41) is 10.5. The molecule has 5 heteroatoms. The Hall–Kier alpha value is -1.30. The van der Waals surface area contributed by atoms with E-state index in [-0.39, 0.29) is 0 Å². The van der Waals surface area contributed by atoms with E-state index in [2.05, 4.69) is 11.8 Å². The topological polar surface area (TPSA) is 51.2 Å². The van der Waals surface area contributed by atoms with E-state index in [4.69, 9.17) is 14.2 Å². The van der Waals surface area contributed by atoms with Crippen molar-refractivity contribution in [2.24, 2.45) is 0 Å². The summed E-state index contributed by atoms with van der Waals surface area (Å²) in [6.07, 6.45) is 0.515. The fourth-order valence-electron chi connectivity index (χ4n) is 2.90. The van der Waals surface area contributed by atoms with Crippen LogP contribution in [0.25, 0.3) is 0 Å². The quantitative estimate of drug-likeness (QED) is 0.914. The summed E-state index contributed by atoms with van der Waals surface area (Å²) in [6, 6.07) is 6.08. The van der Waals surface area contributed by atoms with E-state index in [1.54, 1.807) is 0 Å². The molecule has 0 bridgehead atoms. The second-order valence-electron chi connectivity index (χ2n) is 5.55. The first kappa shape index (κ1) is 14.6. The molecular weight excluding hydrogens is 270 g/mol. The molecule has 21 heavy (non-hydrogen) atoms. The molecule has 2 atom stereocenters. The van der Waals surface area contributed by atoms with Gasteiger partial charge < -0.3 is 19.3 Å². The minimum absolute atomic E-state index is 0.394. The van der Waals surface area contributed by atoms with Crippen LogP contribution >= 0.6 is 0 Å². The van der Waals surface area contributed by atoms with E-state index >= 15 is 0 Å². The molecule has 0 radical (unpaired) electrons. The molecule has 1 N–H and O–H groups in total. The molecule has 2 aliphatic rings. The van der Waals surface area contributed by atoms with E-state index in [0.717, 1.165) is 43.2 Å². The van der Waals surface area contributed by atoms with E-state index in [1.807, 2.05) is 18.2 Å². The van der Waals surface area contributed by atoms with Gasteiger partial charge in [-0.25, -0.2) is 0 Å². The van der Waals surface area contributed by atoms with Gasteiger partial charge >= 0.3 is 0 Å². The number of benzene rings is 1. The molecule has 1 saturated heterocycles. The van der Waals surface area contributed by atoms with Crippen molar-refractivity contribution in [2.75, 3.05) is 39.5 Å². The molecule has 5 nitrogen and oxygen atoms in total. The Morgan fingerprint density at radius 3 is 2.86 bits per heavy atom. The van der Waals surface area contributed by atoms with Crippen LogP contribution in [0.2, 0.25) is 0 Å². The summed E-state index contributed by atoms with van der Waals surface area (Å²) in [5.74, 6) is 1.49. The second kappa shape index (κ2) is 6.64. The van der Waals surface area contributed by atoms with Gasteiger partial charge in [0, 0.05) is 19.1 Å². The fraction of sp³-hybridized carbons (Fsp3) is 0.625. The maximum absolute atomic E-state index is 10.5. The number of aliphatic hydroxyl groups is 1. The van der Waals surface area contributed by atoms with Crippen LogP contribution in [0.1, 0.15) is 25.0 Å². The zero-order valence-electron chi connectivity index (χ0n) is 12.5. The van der Waals surface area contributed by atoms with Gasteiger partial charge in [-0.3, -0.25) is 4.90 Å². The molecule has 0 aliphatic carbocycles. The number of nitrogens with zero attached hydrogens (tertiary/aromatic N) is 1. The summed E-state index contributed by atoms with van der Waals surface area (Å²) in [5.41, 5.74) is 0.876. The normalized spacial score (nSPS) is 23.8. The van der Waals surface area contributed by atoms with Crippen LogP contribution in [0.3, 0.4) is 0 Å². The average molecular weight is 293 g/mol. The Bertz CT molecular complexity index is 479. The first-order valence-corrected chi connectivity index (χ1v) is 7.67. The molecule has 1 aromatic rings. The molecule has 2 heterocycles. The lowest BCUT2D eigenvalue weighted by atomic mass is 10.1. The van der Waals surface area contributed by atoms with E-state index in [1.165, 1.54) is 0 Å². The van der Waals surface area contributed by atoms with Crippen molar-refractivity contribution in [1.29, 1.82) is 0 Å². The van der Waals surface area contributed by atoms with E-state index < -0.39 is 6.10 Å². The number of rotatable bonds is 4. The SMILES string of the molecule is CCC1COCCN1CC(O)c1ccc2c(c1)OCCO2. The maximum atomic E-state index is 10.5. The molecular formula is C16H23NO4. The van der Waals surface area contributed by atoms with Gasteiger partial charge in [0.1, 0.15) is 13.2 Å². The second-order valence-corrected chi connectivity index (χ2v) is 5.55. The molecule has 1 aromatic carbocycles. The van der Waals surface area contributed by atoms with Crippen molar-refractivity contribution in [2.45, 2.75) is 25.5 Å². The van der Waals surface area contributed by atoms with Crippen LogP contribution in [0.5, 0.6) is 11.5 Å². The van der Waals surface area contributed by atoms with Crippen LogP contribution < -0.4 is 9.47 Å². The predicted octanol–water partition coefficient (Wildman–Crippen LogP) is 1.60. The lowest BCUT2D eigenvalue weighted by Gasteiger charge is -2.36. The first-order valence-electron chi connectivity index (χ1n) is 7.67. The number of β-amino-alcohol motifs (C(OH)–C–C–N with tert-alkyl or cyclic N) is 1. The van der Waals surface area contributed by atoms with Crippen molar-refractivity contribution in [1.82, 2.24) is 4.90 Å². The third kappa shape index (κ3) is 3.31. The van der Waals surface area contributed by atoms with Gasteiger partial charge in [0.15, 0.2) is 11.5 Å². The average Bonchev–Trinajstić information content (AvgIpc) is 2.55. The Morgan fingerprint density at radius 2 is 2.05 bits per heavy atom. The van der Waals surface area contributed by atoms with Crippen molar-refractivity contribution >= 4 is 0 Å². The summed E-state index contributed by atoms with van der Waals surface area (Å²) in [6.45, 7) is 6.30. The predicted molar refractivity (Wildman–Crippen MR) is 78.9 cm³/mol. The summed E-state index contributed by atoms with van der Waals surface area (Å²) < 4.78 is 16.6. The Labute approximate surface area is 125 Å². The highest BCUT2D eigenvalue weighted by Crippen LogP contribution is 2.33. The summed E-state index contributed by atoms with van der Waals surface area (Å²) in [7, 11) is 0. The number of aliphatic hydroxyl groups excluding tert-OH is 1. The lowest BCUT2D eigenvalue weighted by Crippen LogP contribution is -2.46. The fourth-order valence-corrected chi connectivity index (χ4v) is 2.90. The van der Waals surface area contributed by atoms with Crippen molar-refractivity contribution in [3.8, 4) is 11.5 Å². The first-order chi connectivity index (χ1) is 10.3. The Morgan fingerprint density at radius 1 is 1.24 bits per heavy atom. The third-order valence-corrected chi connectivity index (χ3v) is 4.18. The zero-order chi connectivity index (χ0) is 14.7. The number of ether oxygens (including phenoxy) is 3. The molecule has 116 valence electrons. The highest BCUT2D eigenvalue weighted by atomic mass is 16.6. The van der Waals surface area contributed by atoms with E-state index in [9.17, 15) is 5.11 Å². The van der Waals surface area contributed by atoms with Gasteiger partial charge in [-0.1, -0.05) is 13.0 Å². The van der Waals surface area contributed by atoms with Crippen molar-refractivity contribution in [3.63, 3.8) is 0 Å². The van der Waals surface area contributed by atoms with Gasteiger partial charge in [-0.15, -0.1) is 0 Å². The van der Waals surface area contributed by atoms with Crippen molar-refractivity contribution in [3.05, 3.63) is 23.8 Å². The summed E-state index contributed by atoms with van der Waals surface area (Å²) in [4.78, 5) is 2.31. The number of hydrogen-bond acceptors (Lipinski definition) is 5. The monoisotopic (exact) mass is 293 g/mol. The molecule has 0 saturated carbocycles. The highest BCUT2D eigenvalue weighted by Gasteiger charge is 2.24. The van der Waals surface area contributed by atoms with Gasteiger partial charge in [0.2, 0.25) is 0 Å². The van der Waals surface area contributed by atoms with Crippen LogP contribution in [0.15, 0.2) is 18.2 Å². The number of morpholine rings is 1. The van der Waals surface area contributed by atoms with Gasteiger partial charge in [-0.2, -0.15) is 0 Å². The van der Waals surface area contributed by atoms with Crippen LogP contribution in [-0.4, -0.2) is 55.6 Å². The smallest absolute Gasteiger partial charge is 0.161 e. The van der Waals surface area contributed by atoms with Crippen LogP contribution in [0.4, 0.5) is 0 Å². The van der Waals surface area contributed by atoms with Crippen LogP contribution in [0, 0.1) is 0 Å². The third-order valence-electron chi connectivity index (χ3n) is 4.18. The number of fused-ring (bicyclic) bond motifs is 1. The number of hydrogen-bond donors (Lipinski definition) is 1. The van der Waals surface area contributed by atoms with Crippen LogP contribution in [-0.2, 0) is 4.74 Å². The maximum Gasteiger partial charge on any atom is 0.161 e. The van der Waals surface area contributed by atoms with Crippen molar-refractivity contribution < 1.29 is 19.3 Å². The Balaban J connectivity index is 1.68. The molecule has 1 fully saturated rings. The van der Waals surface area contributed by atoms with Gasteiger partial charge in [0.25, 0.3) is 0 Å². The standard InChI is InChI=1S/C16H23NO4/c1-2-13-11-19-6-5-17(13)10-14(18)12-3-4-15-16(9-12)21-8-7-20-15/h3-4,9,13-14,18H,2,5-8,10-11H2,1H3. The molecule has 2 unspecified atom stereocenters. The molecule has 2 aliphatic heterocycles. The van der Waals surface area contributed by atoms with Gasteiger partial charge in [0.05, 0.1) is 19.3 Å².